The Bertz CT molecular complexity index is 1050. The first-order chi connectivity index (χ1) is 15.9. The van der Waals surface area contributed by atoms with Gasteiger partial charge in [0.05, 0.1) is 18.2 Å². The molecule has 8 heteroatoms. The second kappa shape index (κ2) is 10.3. The molecule has 174 valence electrons. The second-order valence-corrected chi connectivity index (χ2v) is 8.73. The molecule has 1 saturated heterocycles. The van der Waals surface area contributed by atoms with Crippen LogP contribution in [0.3, 0.4) is 0 Å². The minimum absolute atomic E-state index is 0.266. The Morgan fingerprint density at radius 3 is 2.52 bits per heavy atom. The number of anilines is 1. The van der Waals surface area contributed by atoms with Crippen molar-refractivity contribution >= 4 is 29.3 Å². The third kappa shape index (κ3) is 5.49. The van der Waals surface area contributed by atoms with E-state index in [9.17, 15) is 9.59 Å². The largest absolute Gasteiger partial charge is 0.463 e. The molecule has 0 aliphatic carbocycles. The highest BCUT2D eigenvalue weighted by molar-refractivity contribution is 6.30. The third-order valence-electron chi connectivity index (χ3n) is 5.99. The monoisotopic (exact) mass is 468 g/mol. The van der Waals surface area contributed by atoms with Crippen molar-refractivity contribution in [2.45, 2.75) is 19.9 Å². The Kier molecular flexibility index (Phi) is 7.20. The molecule has 0 bridgehead atoms. The van der Waals surface area contributed by atoms with E-state index in [1.54, 1.807) is 6.92 Å². The zero-order chi connectivity index (χ0) is 23.4. The van der Waals surface area contributed by atoms with Crippen LogP contribution in [0.4, 0.5) is 10.5 Å². The molecule has 1 fully saturated rings. The smallest absolute Gasteiger partial charge is 0.338 e. The molecule has 2 N–H and O–H groups in total. The third-order valence-corrected chi connectivity index (χ3v) is 6.22. The number of benzene rings is 2. The highest BCUT2D eigenvalue weighted by Gasteiger charge is 2.34. The number of nitrogens with zero attached hydrogens (tertiary/aromatic N) is 2. The molecule has 2 aromatic rings. The molecular weight excluding hydrogens is 440 g/mol. The predicted octanol–water partition coefficient (Wildman–Crippen LogP) is 3.64. The summed E-state index contributed by atoms with van der Waals surface area (Å²) in [6.45, 7) is 7.77. The maximum Gasteiger partial charge on any atom is 0.338 e. The van der Waals surface area contributed by atoms with Crippen LogP contribution in [0, 0.1) is 6.92 Å². The number of esters is 1. The van der Waals surface area contributed by atoms with E-state index in [-0.39, 0.29) is 12.6 Å². The molecule has 2 amide bonds. The van der Waals surface area contributed by atoms with Crippen LogP contribution in [-0.2, 0) is 9.53 Å². The molecule has 2 aliphatic rings. The summed E-state index contributed by atoms with van der Waals surface area (Å²) in [7, 11) is 0. The lowest BCUT2D eigenvalue weighted by Crippen LogP contribution is -2.51. The average Bonchev–Trinajstić information content (AvgIpc) is 2.80. The molecule has 0 unspecified atom stereocenters. The normalized spacial score (nSPS) is 19.2. The number of rotatable bonds is 6. The average molecular weight is 469 g/mol. The molecule has 0 aromatic heterocycles. The summed E-state index contributed by atoms with van der Waals surface area (Å²) in [6.07, 6.45) is 0. The Labute approximate surface area is 199 Å². The molecule has 0 saturated carbocycles. The Morgan fingerprint density at radius 1 is 1.12 bits per heavy atom. The first-order valence-electron chi connectivity index (χ1n) is 11.2. The van der Waals surface area contributed by atoms with E-state index in [4.69, 9.17) is 16.3 Å². The number of hydrogen-bond acceptors (Lipinski definition) is 5. The van der Waals surface area contributed by atoms with Gasteiger partial charge in [0, 0.05) is 49.1 Å². The van der Waals surface area contributed by atoms with Crippen LogP contribution in [0.25, 0.3) is 0 Å². The van der Waals surface area contributed by atoms with Crippen molar-refractivity contribution in [1.82, 2.24) is 15.5 Å². The molecule has 33 heavy (non-hydrogen) atoms. The van der Waals surface area contributed by atoms with Crippen LogP contribution in [-0.4, -0.2) is 56.2 Å². The maximum atomic E-state index is 13.0. The van der Waals surface area contributed by atoms with Crippen molar-refractivity contribution in [2.75, 3.05) is 44.2 Å². The zero-order valence-electron chi connectivity index (χ0n) is 18.9. The molecule has 2 heterocycles. The first-order valence-corrected chi connectivity index (χ1v) is 11.6. The van der Waals surface area contributed by atoms with Crippen molar-refractivity contribution in [3.63, 3.8) is 0 Å². The van der Waals surface area contributed by atoms with E-state index in [2.05, 4.69) is 26.5 Å². The molecule has 4 rings (SSSR count). The van der Waals surface area contributed by atoms with Crippen molar-refractivity contribution < 1.29 is 14.3 Å². The van der Waals surface area contributed by atoms with Crippen molar-refractivity contribution in [3.05, 3.63) is 76.0 Å². The Morgan fingerprint density at radius 2 is 1.85 bits per heavy atom. The molecular formula is C25H29ClN4O3. The van der Waals surface area contributed by atoms with Gasteiger partial charge < -0.3 is 20.3 Å². The minimum atomic E-state index is -0.554. The number of piperazine rings is 1. The fourth-order valence-electron chi connectivity index (χ4n) is 4.26. The maximum absolute atomic E-state index is 13.0. The number of hydrogen-bond donors (Lipinski definition) is 2. The first kappa shape index (κ1) is 23.1. The van der Waals surface area contributed by atoms with E-state index < -0.39 is 12.0 Å². The van der Waals surface area contributed by atoms with Gasteiger partial charge in [-0.25, -0.2) is 9.59 Å². The van der Waals surface area contributed by atoms with Gasteiger partial charge in [0.25, 0.3) is 0 Å². The Hall–Kier alpha value is -3.03. The van der Waals surface area contributed by atoms with E-state index in [1.807, 2.05) is 49.4 Å². The summed E-state index contributed by atoms with van der Waals surface area (Å²) in [4.78, 5) is 30.0. The second-order valence-electron chi connectivity index (χ2n) is 8.30. The minimum Gasteiger partial charge on any atom is -0.463 e. The summed E-state index contributed by atoms with van der Waals surface area (Å²) in [5.74, 6) is -0.414. The highest BCUT2D eigenvalue weighted by Crippen LogP contribution is 2.29. The van der Waals surface area contributed by atoms with Gasteiger partial charge in [-0.05, 0) is 37.6 Å². The van der Waals surface area contributed by atoms with E-state index in [0.29, 0.717) is 17.8 Å². The van der Waals surface area contributed by atoms with Crippen LogP contribution in [0.5, 0.6) is 0 Å². The van der Waals surface area contributed by atoms with Gasteiger partial charge in [-0.3, -0.25) is 4.90 Å². The number of aryl methyl sites for hydroxylation is 1. The zero-order valence-corrected chi connectivity index (χ0v) is 19.7. The van der Waals surface area contributed by atoms with E-state index in [0.717, 1.165) is 48.0 Å². The van der Waals surface area contributed by atoms with Crippen LogP contribution >= 0.6 is 11.6 Å². The van der Waals surface area contributed by atoms with Gasteiger partial charge in [-0.1, -0.05) is 47.5 Å². The van der Waals surface area contributed by atoms with Gasteiger partial charge in [-0.15, -0.1) is 0 Å². The summed E-state index contributed by atoms with van der Waals surface area (Å²) in [5.41, 5.74) is 4.11. The molecule has 2 aromatic carbocycles. The number of halogens is 1. The van der Waals surface area contributed by atoms with Crippen LogP contribution in [0.2, 0.25) is 5.02 Å². The number of ether oxygens (including phenoxy) is 1. The Balaban J connectivity index is 1.55. The molecule has 0 spiro atoms. The summed E-state index contributed by atoms with van der Waals surface area (Å²) < 4.78 is 5.37. The number of carbonyl (C=O) groups excluding carboxylic acids is 2. The fraction of sp³-hybridized carbons (Fsp3) is 0.360. The van der Waals surface area contributed by atoms with Gasteiger partial charge in [0.1, 0.15) is 0 Å². The summed E-state index contributed by atoms with van der Waals surface area (Å²) in [5, 5.41) is 6.49. The number of nitrogens with one attached hydrogen (secondary N) is 2. The van der Waals surface area contributed by atoms with E-state index >= 15 is 0 Å². The van der Waals surface area contributed by atoms with Crippen molar-refractivity contribution in [2.24, 2.45) is 0 Å². The topological polar surface area (TPSA) is 73.9 Å². The SMILES string of the molecule is CCOC(=O)C1=C(CN2CCN(c3cccc(Cl)c3)CC2)NC(=O)N[C@@H]1c1ccc(C)cc1. The standard InChI is InChI=1S/C25H29ClN4O3/c1-3-33-24(31)22-21(27-25(32)28-23(22)18-9-7-17(2)8-10-18)16-29-11-13-30(14-12-29)20-6-4-5-19(26)15-20/h4-10,15,23H,3,11-14,16H2,1-2H3,(H2,27,28,32)/t23-/m1/s1. The van der Waals surface area contributed by atoms with Crippen LogP contribution < -0.4 is 15.5 Å². The molecule has 2 aliphatic heterocycles. The molecule has 1 atom stereocenters. The molecule has 0 radical (unpaired) electrons. The fourth-order valence-corrected chi connectivity index (χ4v) is 4.45. The summed E-state index contributed by atoms with van der Waals surface area (Å²) >= 11 is 6.15. The van der Waals surface area contributed by atoms with Crippen LogP contribution in [0.15, 0.2) is 59.8 Å². The van der Waals surface area contributed by atoms with Crippen LogP contribution in [0.1, 0.15) is 24.1 Å². The number of amides is 2. The lowest BCUT2D eigenvalue weighted by molar-refractivity contribution is -0.139. The van der Waals surface area contributed by atoms with Gasteiger partial charge in [0.15, 0.2) is 0 Å². The quantitative estimate of drug-likeness (QED) is 0.633. The molecule has 7 nitrogen and oxygen atoms in total. The van der Waals surface area contributed by atoms with Gasteiger partial charge >= 0.3 is 12.0 Å². The predicted molar refractivity (Wildman–Crippen MR) is 129 cm³/mol. The van der Waals surface area contributed by atoms with Crippen molar-refractivity contribution in [1.29, 1.82) is 0 Å². The van der Waals surface area contributed by atoms with E-state index in [1.165, 1.54) is 0 Å². The summed E-state index contributed by atoms with van der Waals surface area (Å²) in [6, 6.07) is 14.8. The van der Waals surface area contributed by atoms with Gasteiger partial charge in [-0.2, -0.15) is 0 Å². The number of urea groups is 1. The highest BCUT2D eigenvalue weighted by atomic mass is 35.5. The van der Waals surface area contributed by atoms with Gasteiger partial charge in [0.2, 0.25) is 0 Å². The lowest BCUT2D eigenvalue weighted by Gasteiger charge is -2.38. The van der Waals surface area contributed by atoms with Crippen molar-refractivity contribution in [3.8, 4) is 0 Å². The lowest BCUT2D eigenvalue weighted by atomic mass is 9.94. The number of carbonyl (C=O) groups is 2.